The van der Waals surface area contributed by atoms with Gasteiger partial charge in [-0.3, -0.25) is 0 Å². The summed E-state index contributed by atoms with van der Waals surface area (Å²) >= 11 is 0. The van der Waals surface area contributed by atoms with E-state index in [4.69, 9.17) is 0 Å². The van der Waals surface area contributed by atoms with Gasteiger partial charge in [0.25, 0.3) is 0 Å². The van der Waals surface area contributed by atoms with Crippen molar-refractivity contribution in [3.63, 3.8) is 0 Å². The van der Waals surface area contributed by atoms with Crippen molar-refractivity contribution in [3.8, 4) is 0 Å². The molecular formula is C22H26N6. The van der Waals surface area contributed by atoms with Crippen molar-refractivity contribution in [1.82, 2.24) is 19.9 Å². The number of aromatic nitrogens is 4. The topological polar surface area (TPSA) is 75.6 Å². The Morgan fingerprint density at radius 1 is 0.536 bits per heavy atom. The summed E-state index contributed by atoms with van der Waals surface area (Å²) in [4.78, 5) is 16.8. The summed E-state index contributed by atoms with van der Waals surface area (Å²) in [6.45, 7) is 8.38. The molecule has 2 N–H and O–H groups in total. The average molecular weight is 374 g/mol. The second kappa shape index (κ2) is 8.17. The van der Waals surface area contributed by atoms with Crippen LogP contribution in [-0.2, 0) is 0 Å². The number of hydrogen-bond donors (Lipinski definition) is 2. The van der Waals surface area contributed by atoms with Crippen molar-refractivity contribution < 1.29 is 0 Å². The van der Waals surface area contributed by atoms with Crippen molar-refractivity contribution >= 4 is 33.4 Å². The van der Waals surface area contributed by atoms with Gasteiger partial charge in [-0.25, -0.2) is 19.9 Å². The fourth-order valence-electron chi connectivity index (χ4n) is 3.03. The lowest BCUT2D eigenvalue weighted by molar-refractivity contribution is 1.20. The molecule has 0 aliphatic carbocycles. The lowest BCUT2D eigenvalue weighted by Crippen LogP contribution is -1.95. The molecule has 28 heavy (non-hydrogen) atoms. The van der Waals surface area contributed by atoms with Crippen LogP contribution in [0.5, 0.6) is 0 Å². The molecule has 4 aromatic rings. The highest BCUT2D eigenvalue weighted by Gasteiger charge is 2.04. The average Bonchev–Trinajstić information content (AvgIpc) is 2.69. The highest BCUT2D eigenvalue weighted by atomic mass is 15.0. The summed E-state index contributed by atoms with van der Waals surface area (Å²) in [6, 6.07) is 8.42. The van der Waals surface area contributed by atoms with E-state index in [-0.39, 0.29) is 0 Å². The first kappa shape index (κ1) is 19.5. The Morgan fingerprint density at radius 3 is 1.25 bits per heavy atom. The lowest BCUT2D eigenvalue weighted by atomic mass is 10.1. The molecule has 0 aliphatic rings. The van der Waals surface area contributed by atoms with Gasteiger partial charge < -0.3 is 10.6 Å². The fourth-order valence-corrected chi connectivity index (χ4v) is 3.03. The predicted octanol–water partition coefficient (Wildman–Crippen LogP) is 4.58. The molecule has 6 heteroatoms. The minimum Gasteiger partial charge on any atom is -0.373 e. The molecule has 0 fully saturated rings. The van der Waals surface area contributed by atoms with Gasteiger partial charge >= 0.3 is 0 Å². The van der Waals surface area contributed by atoms with Crippen molar-refractivity contribution in [3.05, 3.63) is 59.2 Å². The Morgan fingerprint density at radius 2 is 0.893 bits per heavy atom. The Labute approximate surface area is 165 Å². The molecule has 0 saturated heterocycles. The van der Waals surface area contributed by atoms with Gasteiger partial charge in [-0.2, -0.15) is 0 Å². The quantitative estimate of drug-likeness (QED) is 0.535. The largest absolute Gasteiger partial charge is 0.373 e. The Hall–Kier alpha value is -3.28. The van der Waals surface area contributed by atoms with Gasteiger partial charge in [-0.1, -0.05) is 0 Å². The molecule has 2 heterocycles. The number of rotatable bonds is 2. The summed E-state index contributed by atoms with van der Waals surface area (Å²) in [5.41, 5.74) is 7.05. The van der Waals surface area contributed by atoms with Crippen LogP contribution in [-0.4, -0.2) is 34.0 Å². The number of hydrogen-bond acceptors (Lipinski definition) is 6. The third-order valence-corrected chi connectivity index (χ3v) is 4.98. The standard InChI is InChI=1S/2C11H13N3/c2*1-7-4-9-10(5-8(7)2)13-6-14-11(9)12-3/h2*4-6H,1-3H3,(H,12,13,14). The van der Waals surface area contributed by atoms with E-state index >= 15 is 0 Å². The Kier molecular flexibility index (Phi) is 5.68. The van der Waals surface area contributed by atoms with E-state index in [9.17, 15) is 0 Å². The first-order valence-electron chi connectivity index (χ1n) is 9.24. The summed E-state index contributed by atoms with van der Waals surface area (Å²) in [7, 11) is 3.74. The van der Waals surface area contributed by atoms with Crippen LogP contribution in [0.25, 0.3) is 21.8 Å². The van der Waals surface area contributed by atoms with Gasteiger partial charge in [0.05, 0.1) is 11.0 Å². The van der Waals surface area contributed by atoms with Crippen LogP contribution in [0.15, 0.2) is 36.9 Å². The van der Waals surface area contributed by atoms with Crippen LogP contribution in [0, 0.1) is 27.7 Å². The van der Waals surface area contributed by atoms with Crippen LogP contribution >= 0.6 is 0 Å². The molecule has 0 atom stereocenters. The van der Waals surface area contributed by atoms with E-state index in [1.807, 2.05) is 14.1 Å². The molecule has 0 radical (unpaired) electrons. The highest BCUT2D eigenvalue weighted by molar-refractivity contribution is 5.90. The van der Waals surface area contributed by atoms with Crippen molar-refractivity contribution in [2.24, 2.45) is 0 Å². The normalized spacial score (nSPS) is 10.5. The predicted molar refractivity (Wildman–Crippen MR) is 117 cm³/mol. The number of fused-ring (bicyclic) bond motifs is 2. The molecule has 6 nitrogen and oxygen atoms in total. The van der Waals surface area contributed by atoms with Gasteiger partial charge in [0.15, 0.2) is 0 Å². The third kappa shape index (κ3) is 3.86. The zero-order valence-corrected chi connectivity index (χ0v) is 17.3. The number of anilines is 2. The molecule has 0 unspecified atom stereocenters. The fraction of sp³-hybridized carbons (Fsp3) is 0.273. The molecule has 2 aromatic heterocycles. The van der Waals surface area contributed by atoms with E-state index in [1.165, 1.54) is 22.3 Å². The maximum Gasteiger partial charge on any atom is 0.137 e. The van der Waals surface area contributed by atoms with Gasteiger partial charge in [-0.05, 0) is 74.2 Å². The SMILES string of the molecule is CNc1ncnc2cc(C)c(C)cc12.CNc1ncnc2cc(C)c(C)cc12. The molecular weight excluding hydrogens is 348 g/mol. The van der Waals surface area contributed by atoms with E-state index in [0.29, 0.717) is 0 Å². The van der Waals surface area contributed by atoms with Crippen LogP contribution in [0.4, 0.5) is 11.6 Å². The second-order valence-electron chi connectivity index (χ2n) is 6.85. The van der Waals surface area contributed by atoms with Gasteiger partial charge in [-0.15, -0.1) is 0 Å². The second-order valence-corrected chi connectivity index (χ2v) is 6.85. The smallest absolute Gasteiger partial charge is 0.137 e. The number of aryl methyl sites for hydroxylation is 4. The van der Waals surface area contributed by atoms with Gasteiger partial charge in [0.2, 0.25) is 0 Å². The Balaban J connectivity index is 0.000000161. The van der Waals surface area contributed by atoms with E-state index in [0.717, 1.165) is 33.4 Å². The minimum atomic E-state index is 0.887. The highest BCUT2D eigenvalue weighted by Crippen LogP contribution is 2.23. The molecule has 0 spiro atoms. The summed E-state index contributed by atoms with van der Waals surface area (Å²) in [5, 5.41) is 8.29. The number of benzene rings is 2. The third-order valence-electron chi connectivity index (χ3n) is 4.98. The van der Waals surface area contributed by atoms with Crippen LogP contribution in [0.1, 0.15) is 22.3 Å². The molecule has 144 valence electrons. The lowest BCUT2D eigenvalue weighted by Gasteiger charge is -2.06. The maximum atomic E-state index is 4.24. The zero-order chi connectivity index (χ0) is 20.3. The van der Waals surface area contributed by atoms with Crippen molar-refractivity contribution in [2.45, 2.75) is 27.7 Å². The van der Waals surface area contributed by atoms with Crippen LogP contribution < -0.4 is 10.6 Å². The van der Waals surface area contributed by atoms with E-state index in [1.54, 1.807) is 12.7 Å². The number of nitrogens with zero attached hydrogens (tertiary/aromatic N) is 4. The first-order chi connectivity index (χ1) is 13.4. The molecule has 2 aromatic carbocycles. The Bertz CT molecular complexity index is 1050. The molecule has 0 bridgehead atoms. The van der Waals surface area contributed by atoms with E-state index in [2.05, 4.69) is 82.5 Å². The molecule has 4 rings (SSSR count). The summed E-state index contributed by atoms with van der Waals surface area (Å²) in [5.74, 6) is 1.77. The van der Waals surface area contributed by atoms with Crippen LogP contribution in [0.2, 0.25) is 0 Å². The monoisotopic (exact) mass is 374 g/mol. The molecule has 0 saturated carbocycles. The van der Waals surface area contributed by atoms with Gasteiger partial charge in [0, 0.05) is 24.9 Å². The summed E-state index contributed by atoms with van der Waals surface area (Å²) in [6.07, 6.45) is 3.17. The van der Waals surface area contributed by atoms with Crippen molar-refractivity contribution in [1.29, 1.82) is 0 Å². The maximum absolute atomic E-state index is 4.24. The zero-order valence-electron chi connectivity index (χ0n) is 17.3. The minimum absolute atomic E-state index is 0.887. The van der Waals surface area contributed by atoms with Gasteiger partial charge in [0.1, 0.15) is 24.3 Å². The molecule has 0 aliphatic heterocycles. The van der Waals surface area contributed by atoms with Crippen molar-refractivity contribution in [2.75, 3.05) is 24.7 Å². The first-order valence-corrected chi connectivity index (χ1v) is 9.24. The van der Waals surface area contributed by atoms with E-state index < -0.39 is 0 Å². The molecule has 0 amide bonds. The number of nitrogens with one attached hydrogen (secondary N) is 2. The van der Waals surface area contributed by atoms with Crippen LogP contribution in [0.3, 0.4) is 0 Å². The summed E-state index contributed by atoms with van der Waals surface area (Å²) < 4.78 is 0.